The molecule has 0 aromatic heterocycles. The van der Waals surface area contributed by atoms with Gasteiger partial charge in [0.25, 0.3) is 6.47 Å². The Morgan fingerprint density at radius 3 is 2.35 bits per heavy atom. The molecule has 0 spiro atoms. The maximum Gasteiger partial charge on any atom is 0.497 e. The van der Waals surface area contributed by atoms with Gasteiger partial charge in [-0.05, 0) is 39.3 Å². The van der Waals surface area contributed by atoms with Crippen LogP contribution in [0.4, 0.5) is 4.39 Å². The van der Waals surface area contributed by atoms with Crippen LogP contribution in [-0.2, 0) is 25.4 Å². The number of hydrogen-bond acceptors (Lipinski definition) is 4. The molecular weight excluding hydrogens is 262 g/mol. The average molecular weight is 280 g/mol. The number of ether oxygens (including phenoxy) is 1. The number of halogens is 1. The second-order valence-corrected chi connectivity index (χ2v) is 5.85. The summed E-state index contributed by atoms with van der Waals surface area (Å²) in [5.41, 5.74) is -0.0966. The highest BCUT2D eigenvalue weighted by molar-refractivity contribution is 6.62. The summed E-state index contributed by atoms with van der Waals surface area (Å²) in [4.78, 5) is 10.1. The topological polar surface area (TPSA) is 44.8 Å². The molecule has 108 valence electrons. The van der Waals surface area contributed by atoms with Crippen LogP contribution in [0, 0.1) is 5.82 Å². The van der Waals surface area contributed by atoms with Crippen LogP contribution >= 0.6 is 0 Å². The molecule has 0 radical (unpaired) electrons. The van der Waals surface area contributed by atoms with Crippen LogP contribution in [0.25, 0.3) is 0 Å². The monoisotopic (exact) mass is 280 g/mol. The predicted molar refractivity (Wildman–Crippen MR) is 73.0 cm³/mol. The molecular formula is C14H18BFO4. The highest BCUT2D eigenvalue weighted by Gasteiger charge is 2.52. The largest absolute Gasteiger partial charge is 0.497 e. The Hall–Kier alpha value is -1.40. The van der Waals surface area contributed by atoms with Gasteiger partial charge in [-0.1, -0.05) is 12.1 Å². The molecule has 0 aliphatic carbocycles. The minimum Gasteiger partial charge on any atom is -0.463 e. The van der Waals surface area contributed by atoms with Crippen LogP contribution in [0.1, 0.15) is 33.3 Å². The third-order valence-corrected chi connectivity index (χ3v) is 3.89. The van der Waals surface area contributed by atoms with Gasteiger partial charge in [0.1, 0.15) is 12.4 Å². The van der Waals surface area contributed by atoms with E-state index in [2.05, 4.69) is 4.74 Å². The molecule has 0 saturated carbocycles. The van der Waals surface area contributed by atoms with Gasteiger partial charge in [0.05, 0.1) is 11.2 Å². The van der Waals surface area contributed by atoms with Crippen molar-refractivity contribution in [2.24, 2.45) is 0 Å². The predicted octanol–water partition coefficient (Wildman–Crippen LogP) is 1.80. The normalized spacial score (nSPS) is 19.9. The summed E-state index contributed by atoms with van der Waals surface area (Å²) in [7, 11) is -0.735. The lowest BCUT2D eigenvalue weighted by Crippen LogP contribution is -2.41. The Bertz CT molecular complexity index is 500. The zero-order valence-corrected chi connectivity index (χ0v) is 12.1. The van der Waals surface area contributed by atoms with E-state index >= 15 is 0 Å². The van der Waals surface area contributed by atoms with Crippen molar-refractivity contribution in [2.75, 3.05) is 0 Å². The van der Waals surface area contributed by atoms with E-state index in [-0.39, 0.29) is 6.61 Å². The standard InChI is InChI=1S/C14H18BFO4/c1-13(2)14(3,4)20-15(19-13)11-6-5-10(7-12(11)16)8-18-9-17/h5-7,9H,8H2,1-4H3. The Kier molecular flexibility index (Phi) is 3.89. The molecule has 0 amide bonds. The van der Waals surface area contributed by atoms with Crippen LogP contribution in [0.3, 0.4) is 0 Å². The fourth-order valence-electron chi connectivity index (χ4n) is 1.95. The van der Waals surface area contributed by atoms with Crippen molar-refractivity contribution in [1.29, 1.82) is 0 Å². The molecule has 0 atom stereocenters. The molecule has 1 aliphatic rings. The molecule has 20 heavy (non-hydrogen) atoms. The van der Waals surface area contributed by atoms with Crippen LogP contribution < -0.4 is 5.46 Å². The molecule has 1 aromatic rings. The number of hydrogen-bond donors (Lipinski definition) is 0. The highest BCUT2D eigenvalue weighted by atomic mass is 19.1. The number of benzene rings is 1. The molecule has 1 heterocycles. The first kappa shape index (κ1) is 15.0. The van der Waals surface area contributed by atoms with Crippen molar-refractivity contribution in [3.63, 3.8) is 0 Å². The Morgan fingerprint density at radius 2 is 1.85 bits per heavy atom. The lowest BCUT2D eigenvalue weighted by atomic mass is 9.78. The summed E-state index contributed by atoms with van der Waals surface area (Å²) in [6, 6.07) is 4.61. The van der Waals surface area contributed by atoms with E-state index in [1.165, 1.54) is 6.07 Å². The number of carbonyl (C=O) groups is 1. The summed E-state index contributed by atoms with van der Waals surface area (Å²) in [6.45, 7) is 8.03. The lowest BCUT2D eigenvalue weighted by Gasteiger charge is -2.32. The Morgan fingerprint density at radius 1 is 1.25 bits per heavy atom. The molecule has 0 bridgehead atoms. The molecule has 1 aliphatic heterocycles. The molecule has 1 aromatic carbocycles. The van der Waals surface area contributed by atoms with Gasteiger partial charge >= 0.3 is 7.12 Å². The quantitative estimate of drug-likeness (QED) is 0.623. The third kappa shape index (κ3) is 2.71. The van der Waals surface area contributed by atoms with Gasteiger partial charge in [0.2, 0.25) is 0 Å². The Balaban J connectivity index is 2.21. The molecule has 6 heteroatoms. The summed E-state index contributed by atoms with van der Waals surface area (Å²) < 4.78 is 30.3. The van der Waals surface area contributed by atoms with Crippen molar-refractivity contribution in [3.05, 3.63) is 29.6 Å². The maximum absolute atomic E-state index is 14.1. The summed E-state index contributed by atoms with van der Waals surface area (Å²) in [5, 5.41) is 0. The first-order chi connectivity index (χ1) is 9.27. The van der Waals surface area contributed by atoms with E-state index in [0.717, 1.165) is 0 Å². The fraction of sp³-hybridized carbons (Fsp3) is 0.500. The third-order valence-electron chi connectivity index (χ3n) is 3.89. The zero-order chi connectivity index (χ0) is 15.0. The van der Waals surface area contributed by atoms with Gasteiger partial charge in [-0.25, -0.2) is 4.39 Å². The van der Waals surface area contributed by atoms with Crippen molar-refractivity contribution < 1.29 is 23.2 Å². The second-order valence-electron chi connectivity index (χ2n) is 5.85. The van der Waals surface area contributed by atoms with Crippen LogP contribution in [0.5, 0.6) is 0 Å². The maximum atomic E-state index is 14.1. The minimum atomic E-state index is -0.735. The SMILES string of the molecule is CC1(C)OB(c2ccc(COC=O)cc2F)OC1(C)C. The number of carbonyl (C=O) groups excluding carboxylic acids is 1. The van der Waals surface area contributed by atoms with Gasteiger partial charge in [-0.15, -0.1) is 0 Å². The van der Waals surface area contributed by atoms with Gasteiger partial charge in [-0.2, -0.15) is 0 Å². The van der Waals surface area contributed by atoms with Gasteiger partial charge in [-0.3, -0.25) is 4.79 Å². The summed E-state index contributed by atoms with van der Waals surface area (Å²) in [5.74, 6) is -0.435. The smallest absolute Gasteiger partial charge is 0.463 e. The van der Waals surface area contributed by atoms with E-state index in [1.807, 2.05) is 27.7 Å². The van der Waals surface area contributed by atoms with E-state index < -0.39 is 24.1 Å². The molecule has 4 nitrogen and oxygen atoms in total. The lowest BCUT2D eigenvalue weighted by molar-refractivity contribution is -0.129. The van der Waals surface area contributed by atoms with Crippen molar-refractivity contribution in [1.82, 2.24) is 0 Å². The summed E-state index contributed by atoms with van der Waals surface area (Å²) in [6.07, 6.45) is 0. The van der Waals surface area contributed by atoms with Crippen molar-refractivity contribution >= 4 is 19.1 Å². The molecule has 1 fully saturated rings. The van der Waals surface area contributed by atoms with Crippen molar-refractivity contribution in [2.45, 2.75) is 45.5 Å². The molecule has 2 rings (SSSR count). The van der Waals surface area contributed by atoms with Crippen LogP contribution in [0.15, 0.2) is 18.2 Å². The highest BCUT2D eigenvalue weighted by Crippen LogP contribution is 2.36. The van der Waals surface area contributed by atoms with Crippen LogP contribution in [0.2, 0.25) is 0 Å². The first-order valence-electron chi connectivity index (χ1n) is 6.46. The number of rotatable bonds is 4. The zero-order valence-electron chi connectivity index (χ0n) is 12.1. The molecule has 1 saturated heterocycles. The molecule has 0 unspecified atom stereocenters. The minimum absolute atomic E-state index is 0.0457. The first-order valence-corrected chi connectivity index (χ1v) is 6.46. The Labute approximate surface area is 118 Å². The van der Waals surface area contributed by atoms with Crippen molar-refractivity contribution in [3.8, 4) is 0 Å². The van der Waals surface area contributed by atoms with E-state index in [9.17, 15) is 9.18 Å². The van der Waals surface area contributed by atoms with Gasteiger partial charge in [0, 0.05) is 5.46 Å². The molecule has 0 N–H and O–H groups in total. The van der Waals surface area contributed by atoms with Gasteiger partial charge in [0.15, 0.2) is 0 Å². The van der Waals surface area contributed by atoms with E-state index in [0.29, 0.717) is 17.5 Å². The van der Waals surface area contributed by atoms with Gasteiger partial charge < -0.3 is 14.0 Å². The second kappa shape index (κ2) is 5.18. The van der Waals surface area contributed by atoms with E-state index in [1.54, 1.807) is 12.1 Å². The fourth-order valence-corrected chi connectivity index (χ4v) is 1.95. The van der Waals surface area contributed by atoms with E-state index in [4.69, 9.17) is 9.31 Å². The van der Waals surface area contributed by atoms with Crippen LogP contribution in [-0.4, -0.2) is 24.8 Å². The average Bonchev–Trinajstić information content (AvgIpc) is 2.55. The summed E-state index contributed by atoms with van der Waals surface area (Å²) >= 11 is 0.